The Balaban J connectivity index is 1.57. The number of aliphatic hydroxyl groups is 1. The fourth-order valence-electron chi connectivity index (χ4n) is 2.52. The van der Waals surface area contributed by atoms with Crippen LogP contribution in [0.1, 0.15) is 44.1 Å². The molecule has 1 saturated carbocycles. The average Bonchev–Trinajstić information content (AvgIpc) is 2.48. The second-order valence-electron chi connectivity index (χ2n) is 5.91. The molecule has 1 aliphatic carbocycles. The van der Waals surface area contributed by atoms with E-state index in [1.54, 1.807) is 7.11 Å². The molecule has 0 radical (unpaired) electrons. The molecule has 0 heterocycles. The van der Waals surface area contributed by atoms with E-state index < -0.39 is 5.60 Å². The quantitative estimate of drug-likeness (QED) is 0.723. The highest BCUT2D eigenvalue weighted by atomic mass is 16.5. The predicted molar refractivity (Wildman–Crippen MR) is 82.4 cm³/mol. The van der Waals surface area contributed by atoms with E-state index in [0.29, 0.717) is 13.0 Å². The lowest BCUT2D eigenvalue weighted by Gasteiger charge is -2.36. The van der Waals surface area contributed by atoms with Gasteiger partial charge in [-0.25, -0.2) is 0 Å². The topological polar surface area (TPSA) is 58.6 Å². The highest BCUT2D eigenvalue weighted by Gasteiger charge is 2.34. The Morgan fingerprint density at radius 2 is 2.00 bits per heavy atom. The van der Waals surface area contributed by atoms with Crippen molar-refractivity contribution in [2.75, 3.05) is 13.7 Å². The number of amides is 1. The maximum atomic E-state index is 11.7. The third kappa shape index (κ3) is 5.05. The van der Waals surface area contributed by atoms with Crippen molar-refractivity contribution >= 4 is 5.91 Å². The standard InChI is InChI=1S/C17H25NO3/c1-21-15-9-7-14(8-10-15)5-2-3-6-16(19)18-13-17(20)11-4-12-17/h7-10,20H,2-6,11-13H2,1H3,(H,18,19). The summed E-state index contributed by atoms with van der Waals surface area (Å²) in [6.07, 6.45) is 6.05. The molecule has 0 aliphatic heterocycles. The van der Waals surface area contributed by atoms with Gasteiger partial charge in [0.2, 0.25) is 5.91 Å². The zero-order valence-corrected chi connectivity index (χ0v) is 12.7. The SMILES string of the molecule is COc1ccc(CCCCC(=O)NCC2(O)CCC2)cc1. The molecule has 21 heavy (non-hydrogen) atoms. The van der Waals surface area contributed by atoms with Gasteiger partial charge in [-0.15, -0.1) is 0 Å². The number of rotatable bonds is 8. The van der Waals surface area contributed by atoms with Crippen LogP contribution < -0.4 is 10.1 Å². The van der Waals surface area contributed by atoms with Crippen LogP contribution in [0.25, 0.3) is 0 Å². The first kappa shape index (κ1) is 15.8. The third-order valence-corrected chi connectivity index (χ3v) is 4.18. The highest BCUT2D eigenvalue weighted by molar-refractivity contribution is 5.75. The van der Waals surface area contributed by atoms with Gasteiger partial charge in [0.1, 0.15) is 5.75 Å². The molecule has 0 unspecified atom stereocenters. The van der Waals surface area contributed by atoms with E-state index in [0.717, 1.165) is 44.3 Å². The molecule has 1 aliphatic rings. The Kier molecular flexibility index (Phi) is 5.62. The van der Waals surface area contributed by atoms with E-state index in [9.17, 15) is 9.90 Å². The number of methoxy groups -OCH3 is 1. The van der Waals surface area contributed by atoms with Crippen LogP contribution >= 0.6 is 0 Å². The van der Waals surface area contributed by atoms with Crippen molar-refractivity contribution in [2.24, 2.45) is 0 Å². The zero-order valence-electron chi connectivity index (χ0n) is 12.7. The van der Waals surface area contributed by atoms with Crippen LogP contribution in [0.2, 0.25) is 0 Å². The van der Waals surface area contributed by atoms with Crippen LogP contribution in [0.3, 0.4) is 0 Å². The van der Waals surface area contributed by atoms with Gasteiger partial charge in [0.05, 0.1) is 12.7 Å². The highest BCUT2D eigenvalue weighted by Crippen LogP contribution is 2.30. The number of hydrogen-bond donors (Lipinski definition) is 2. The zero-order chi connectivity index (χ0) is 15.1. The molecule has 116 valence electrons. The van der Waals surface area contributed by atoms with E-state index in [2.05, 4.69) is 17.4 Å². The molecule has 0 saturated heterocycles. The first-order chi connectivity index (χ1) is 10.1. The van der Waals surface area contributed by atoms with Crippen LogP contribution in [0.15, 0.2) is 24.3 Å². The molecule has 1 amide bonds. The third-order valence-electron chi connectivity index (χ3n) is 4.18. The van der Waals surface area contributed by atoms with Gasteiger partial charge < -0.3 is 15.2 Å². The summed E-state index contributed by atoms with van der Waals surface area (Å²) in [5.41, 5.74) is 0.638. The molecule has 0 aromatic heterocycles. The van der Waals surface area contributed by atoms with Gasteiger partial charge in [-0.3, -0.25) is 4.79 Å². The number of hydrogen-bond acceptors (Lipinski definition) is 3. The van der Waals surface area contributed by atoms with Crippen LogP contribution in [0.5, 0.6) is 5.75 Å². The van der Waals surface area contributed by atoms with Gasteiger partial charge in [0.25, 0.3) is 0 Å². The van der Waals surface area contributed by atoms with Crippen molar-refractivity contribution in [1.29, 1.82) is 0 Å². The van der Waals surface area contributed by atoms with Gasteiger partial charge in [0.15, 0.2) is 0 Å². The van der Waals surface area contributed by atoms with Gasteiger partial charge in [-0.2, -0.15) is 0 Å². The van der Waals surface area contributed by atoms with Crippen LogP contribution in [0.4, 0.5) is 0 Å². The Morgan fingerprint density at radius 3 is 2.57 bits per heavy atom. The normalized spacial score (nSPS) is 16.1. The van der Waals surface area contributed by atoms with Crippen molar-refractivity contribution in [1.82, 2.24) is 5.32 Å². The van der Waals surface area contributed by atoms with Crippen LogP contribution in [-0.2, 0) is 11.2 Å². The molecule has 2 N–H and O–H groups in total. The molecule has 0 bridgehead atoms. The lowest BCUT2D eigenvalue weighted by atomic mass is 9.80. The molecule has 2 rings (SSSR count). The number of carbonyl (C=O) groups excluding carboxylic acids is 1. The number of carbonyl (C=O) groups is 1. The summed E-state index contributed by atoms with van der Waals surface area (Å²) in [4.78, 5) is 11.7. The minimum atomic E-state index is -0.626. The summed E-state index contributed by atoms with van der Waals surface area (Å²) >= 11 is 0. The lowest BCUT2D eigenvalue weighted by Crippen LogP contribution is -2.47. The first-order valence-corrected chi connectivity index (χ1v) is 7.73. The summed E-state index contributed by atoms with van der Waals surface area (Å²) in [5.74, 6) is 0.914. The van der Waals surface area contributed by atoms with Gasteiger partial charge in [-0.05, 0) is 56.2 Å². The minimum absolute atomic E-state index is 0.0463. The van der Waals surface area contributed by atoms with Crippen molar-refractivity contribution in [3.8, 4) is 5.75 Å². The van der Waals surface area contributed by atoms with Crippen molar-refractivity contribution < 1.29 is 14.6 Å². The second-order valence-corrected chi connectivity index (χ2v) is 5.91. The monoisotopic (exact) mass is 291 g/mol. The summed E-state index contributed by atoms with van der Waals surface area (Å²) in [6, 6.07) is 8.04. The Morgan fingerprint density at radius 1 is 1.29 bits per heavy atom. The summed E-state index contributed by atoms with van der Waals surface area (Å²) in [5, 5.41) is 12.7. The van der Waals surface area contributed by atoms with E-state index in [1.165, 1.54) is 5.56 Å². The Labute approximate surface area is 126 Å². The molecular weight excluding hydrogens is 266 g/mol. The second kappa shape index (κ2) is 7.46. The van der Waals surface area contributed by atoms with E-state index in [-0.39, 0.29) is 5.91 Å². The number of benzene rings is 1. The van der Waals surface area contributed by atoms with E-state index in [4.69, 9.17) is 4.74 Å². The first-order valence-electron chi connectivity index (χ1n) is 7.73. The fourth-order valence-corrected chi connectivity index (χ4v) is 2.52. The average molecular weight is 291 g/mol. The molecule has 1 aromatic carbocycles. The summed E-state index contributed by atoms with van der Waals surface area (Å²) in [7, 11) is 1.66. The maximum absolute atomic E-state index is 11.7. The van der Waals surface area contributed by atoms with Crippen LogP contribution in [-0.4, -0.2) is 30.3 Å². The Bertz CT molecular complexity index is 452. The summed E-state index contributed by atoms with van der Waals surface area (Å²) < 4.78 is 5.12. The Hall–Kier alpha value is -1.55. The molecule has 1 aromatic rings. The molecule has 4 nitrogen and oxygen atoms in total. The fraction of sp³-hybridized carbons (Fsp3) is 0.588. The van der Waals surface area contributed by atoms with Crippen LogP contribution in [0, 0.1) is 0 Å². The molecule has 0 spiro atoms. The van der Waals surface area contributed by atoms with Gasteiger partial charge >= 0.3 is 0 Å². The number of aryl methyl sites for hydroxylation is 1. The number of nitrogens with one attached hydrogen (secondary N) is 1. The van der Waals surface area contributed by atoms with Crippen molar-refractivity contribution in [3.63, 3.8) is 0 Å². The number of ether oxygens (including phenoxy) is 1. The summed E-state index contributed by atoms with van der Waals surface area (Å²) in [6.45, 7) is 0.407. The van der Waals surface area contributed by atoms with Crippen molar-refractivity contribution in [2.45, 2.75) is 50.5 Å². The largest absolute Gasteiger partial charge is 0.497 e. The maximum Gasteiger partial charge on any atom is 0.220 e. The van der Waals surface area contributed by atoms with Gasteiger partial charge in [0, 0.05) is 13.0 Å². The molecular formula is C17H25NO3. The number of unbranched alkanes of at least 4 members (excludes halogenated alkanes) is 1. The van der Waals surface area contributed by atoms with Crippen molar-refractivity contribution in [3.05, 3.63) is 29.8 Å². The predicted octanol–water partition coefficient (Wildman–Crippen LogP) is 2.44. The van der Waals surface area contributed by atoms with E-state index in [1.807, 2.05) is 12.1 Å². The smallest absolute Gasteiger partial charge is 0.220 e. The molecule has 4 heteroatoms. The molecule has 1 fully saturated rings. The molecule has 0 atom stereocenters. The van der Waals surface area contributed by atoms with Gasteiger partial charge in [-0.1, -0.05) is 12.1 Å². The van der Waals surface area contributed by atoms with E-state index >= 15 is 0 Å². The lowest BCUT2D eigenvalue weighted by molar-refractivity contribution is -0.123. The minimum Gasteiger partial charge on any atom is -0.497 e.